The normalized spacial score (nSPS) is 38.3. The fraction of sp³-hybridized carbons (Fsp3) is 0.955. The van der Waals surface area contributed by atoms with E-state index in [1.807, 2.05) is 0 Å². The van der Waals surface area contributed by atoms with Crippen LogP contribution in [0.25, 0.3) is 0 Å². The average molecular weight is 319 g/mol. The molecule has 0 saturated heterocycles. The molecule has 1 unspecified atom stereocenters. The highest BCUT2D eigenvalue weighted by molar-refractivity contribution is 5.79. The van der Waals surface area contributed by atoms with Gasteiger partial charge in [0.15, 0.2) is 0 Å². The molecule has 3 fully saturated rings. The number of carbonyl (C=O) groups is 1. The number of carbonyl (C=O) groups excluding carboxylic acids is 1. The Labute approximate surface area is 144 Å². The van der Waals surface area contributed by atoms with Crippen LogP contribution in [0.15, 0.2) is 0 Å². The summed E-state index contributed by atoms with van der Waals surface area (Å²) in [6, 6.07) is 0. The van der Waals surface area contributed by atoms with Crippen LogP contribution in [0.2, 0.25) is 0 Å². The molecule has 0 N–H and O–H groups in total. The van der Waals surface area contributed by atoms with Crippen molar-refractivity contribution in [2.45, 2.75) is 103 Å². The predicted octanol–water partition coefficient (Wildman–Crippen LogP) is 6.55. The zero-order valence-corrected chi connectivity index (χ0v) is 15.4. The van der Waals surface area contributed by atoms with Crippen molar-refractivity contribution >= 4 is 5.78 Å². The molecule has 0 radical (unpaired) electrons. The minimum absolute atomic E-state index is 0.549. The largest absolute Gasteiger partial charge is 0.300 e. The van der Waals surface area contributed by atoms with Crippen molar-refractivity contribution in [3.63, 3.8) is 0 Å². The van der Waals surface area contributed by atoms with Gasteiger partial charge in [-0.2, -0.15) is 0 Å². The lowest BCUT2D eigenvalue weighted by atomic mass is 9.62. The van der Waals surface area contributed by atoms with Gasteiger partial charge < -0.3 is 0 Å². The molecule has 0 spiro atoms. The number of ketones is 1. The Bertz CT molecular complexity index is 366. The minimum Gasteiger partial charge on any atom is -0.300 e. The van der Waals surface area contributed by atoms with Gasteiger partial charge in [-0.1, -0.05) is 51.9 Å². The van der Waals surface area contributed by atoms with E-state index in [-0.39, 0.29) is 0 Å². The van der Waals surface area contributed by atoms with E-state index in [2.05, 4.69) is 6.92 Å². The zero-order valence-electron chi connectivity index (χ0n) is 15.4. The summed E-state index contributed by atoms with van der Waals surface area (Å²) < 4.78 is 0. The second-order valence-electron chi connectivity index (χ2n) is 9.00. The van der Waals surface area contributed by atoms with Gasteiger partial charge in [0.25, 0.3) is 0 Å². The van der Waals surface area contributed by atoms with Crippen LogP contribution in [0.4, 0.5) is 0 Å². The Kier molecular flexibility index (Phi) is 6.60. The summed E-state index contributed by atoms with van der Waals surface area (Å²) in [7, 11) is 0. The lowest BCUT2D eigenvalue weighted by molar-refractivity contribution is -0.123. The molecule has 0 bridgehead atoms. The van der Waals surface area contributed by atoms with Crippen LogP contribution < -0.4 is 0 Å². The third kappa shape index (κ3) is 4.83. The third-order valence-corrected chi connectivity index (χ3v) is 7.49. The van der Waals surface area contributed by atoms with Crippen molar-refractivity contribution in [2.24, 2.45) is 29.6 Å². The molecule has 3 rings (SSSR count). The smallest absolute Gasteiger partial charge is 0.133 e. The Balaban J connectivity index is 1.38. The molecule has 132 valence electrons. The van der Waals surface area contributed by atoms with Gasteiger partial charge in [-0.3, -0.25) is 4.79 Å². The van der Waals surface area contributed by atoms with E-state index in [9.17, 15) is 4.79 Å². The summed E-state index contributed by atoms with van der Waals surface area (Å²) >= 11 is 0. The fourth-order valence-electron chi connectivity index (χ4n) is 5.96. The van der Waals surface area contributed by atoms with Crippen LogP contribution >= 0.6 is 0 Å². The lowest BCUT2D eigenvalue weighted by Gasteiger charge is -2.43. The second kappa shape index (κ2) is 8.67. The molecule has 0 aromatic heterocycles. The predicted molar refractivity (Wildman–Crippen MR) is 97.4 cm³/mol. The van der Waals surface area contributed by atoms with Gasteiger partial charge in [0.2, 0.25) is 0 Å². The molecular weight excluding hydrogens is 280 g/mol. The highest BCUT2D eigenvalue weighted by atomic mass is 16.1. The van der Waals surface area contributed by atoms with Crippen molar-refractivity contribution in [3.05, 3.63) is 0 Å². The standard InChI is InChI=1S/C22H38O/c1-2-3-4-5-6-17-7-9-18(10-8-17)19-11-12-21-16-22(23)14-13-20(21)15-19/h17-21H,2-16H2,1H3/t17?,18?,19?,20-,21+/m0/s1. The van der Waals surface area contributed by atoms with E-state index in [0.717, 1.165) is 42.4 Å². The van der Waals surface area contributed by atoms with E-state index in [4.69, 9.17) is 0 Å². The van der Waals surface area contributed by atoms with Gasteiger partial charge in [-0.05, 0) is 68.1 Å². The van der Waals surface area contributed by atoms with E-state index in [0.29, 0.717) is 5.78 Å². The second-order valence-corrected chi connectivity index (χ2v) is 9.00. The maximum atomic E-state index is 11.7. The van der Waals surface area contributed by atoms with Crippen molar-refractivity contribution < 1.29 is 4.79 Å². The Morgan fingerprint density at radius 3 is 2.26 bits per heavy atom. The molecule has 0 heterocycles. The number of fused-ring (bicyclic) bond motifs is 1. The Hall–Kier alpha value is -0.330. The number of rotatable bonds is 6. The molecule has 1 heteroatoms. The monoisotopic (exact) mass is 318 g/mol. The molecule has 3 saturated carbocycles. The van der Waals surface area contributed by atoms with Crippen LogP contribution in [0, 0.1) is 29.6 Å². The summed E-state index contributed by atoms with van der Waals surface area (Å²) in [6.45, 7) is 2.31. The lowest BCUT2D eigenvalue weighted by Crippen LogP contribution is -2.34. The highest BCUT2D eigenvalue weighted by Gasteiger charge is 2.38. The quantitative estimate of drug-likeness (QED) is 0.507. The number of Topliss-reactive ketones (excluding diaryl/α,β-unsaturated/α-hetero) is 1. The maximum absolute atomic E-state index is 11.7. The molecule has 0 aromatic carbocycles. The molecule has 3 atom stereocenters. The van der Waals surface area contributed by atoms with Gasteiger partial charge in [0, 0.05) is 12.8 Å². The Morgan fingerprint density at radius 1 is 0.783 bits per heavy atom. The van der Waals surface area contributed by atoms with Crippen molar-refractivity contribution in [3.8, 4) is 0 Å². The zero-order chi connectivity index (χ0) is 16.1. The van der Waals surface area contributed by atoms with E-state index >= 15 is 0 Å². The Morgan fingerprint density at radius 2 is 1.48 bits per heavy atom. The summed E-state index contributed by atoms with van der Waals surface area (Å²) in [5.74, 6) is 5.30. The molecule has 0 aromatic rings. The van der Waals surface area contributed by atoms with E-state index in [1.165, 1.54) is 83.5 Å². The molecule has 1 nitrogen and oxygen atoms in total. The van der Waals surface area contributed by atoms with Gasteiger partial charge in [0.05, 0.1) is 0 Å². The molecule has 3 aliphatic carbocycles. The molecule has 0 amide bonds. The van der Waals surface area contributed by atoms with Gasteiger partial charge in [-0.25, -0.2) is 0 Å². The summed E-state index contributed by atoms with van der Waals surface area (Å²) in [4.78, 5) is 11.7. The van der Waals surface area contributed by atoms with Crippen molar-refractivity contribution in [1.29, 1.82) is 0 Å². The van der Waals surface area contributed by atoms with E-state index in [1.54, 1.807) is 0 Å². The fourth-order valence-corrected chi connectivity index (χ4v) is 5.96. The highest BCUT2D eigenvalue weighted by Crippen LogP contribution is 2.47. The van der Waals surface area contributed by atoms with Crippen LogP contribution in [0.5, 0.6) is 0 Å². The number of hydrogen-bond donors (Lipinski definition) is 0. The first-order valence-corrected chi connectivity index (χ1v) is 10.8. The number of unbranched alkanes of at least 4 members (excludes halogenated alkanes) is 3. The summed E-state index contributed by atoms with van der Waals surface area (Å²) in [6.07, 6.45) is 20.6. The number of hydrogen-bond acceptors (Lipinski definition) is 1. The molecular formula is C22H38O. The van der Waals surface area contributed by atoms with E-state index < -0.39 is 0 Å². The van der Waals surface area contributed by atoms with Gasteiger partial charge >= 0.3 is 0 Å². The SMILES string of the molecule is CCCCCCC1CCC(C2CC[C@@H]3CC(=O)CC[C@H]3C2)CC1. The van der Waals surface area contributed by atoms with Crippen LogP contribution in [0.3, 0.4) is 0 Å². The first-order chi connectivity index (χ1) is 11.3. The van der Waals surface area contributed by atoms with Crippen molar-refractivity contribution in [2.75, 3.05) is 0 Å². The van der Waals surface area contributed by atoms with Crippen LogP contribution in [-0.2, 0) is 4.79 Å². The van der Waals surface area contributed by atoms with Crippen LogP contribution in [0.1, 0.15) is 103 Å². The topological polar surface area (TPSA) is 17.1 Å². The maximum Gasteiger partial charge on any atom is 0.133 e. The van der Waals surface area contributed by atoms with Gasteiger partial charge in [0.1, 0.15) is 5.78 Å². The minimum atomic E-state index is 0.549. The summed E-state index contributed by atoms with van der Waals surface area (Å²) in [5, 5.41) is 0. The molecule has 23 heavy (non-hydrogen) atoms. The average Bonchev–Trinajstić information content (AvgIpc) is 2.59. The first kappa shape index (κ1) is 17.5. The summed E-state index contributed by atoms with van der Waals surface area (Å²) in [5.41, 5.74) is 0. The molecule has 0 aliphatic heterocycles. The van der Waals surface area contributed by atoms with Crippen molar-refractivity contribution in [1.82, 2.24) is 0 Å². The third-order valence-electron chi connectivity index (χ3n) is 7.49. The van der Waals surface area contributed by atoms with Crippen LogP contribution in [-0.4, -0.2) is 5.78 Å². The first-order valence-electron chi connectivity index (χ1n) is 10.8. The van der Waals surface area contributed by atoms with Gasteiger partial charge in [-0.15, -0.1) is 0 Å². The molecule has 3 aliphatic rings.